The van der Waals surface area contributed by atoms with Gasteiger partial charge in [0.1, 0.15) is 11.6 Å². The number of carbonyl (C=O) groups is 1. The van der Waals surface area contributed by atoms with Crippen LogP contribution in [0.2, 0.25) is 0 Å². The maximum Gasteiger partial charge on any atom is 0.387 e. The first-order chi connectivity index (χ1) is 15.5. The van der Waals surface area contributed by atoms with Gasteiger partial charge in [0, 0.05) is 23.4 Å². The van der Waals surface area contributed by atoms with Crippen LogP contribution in [0.4, 0.5) is 8.78 Å². The summed E-state index contributed by atoms with van der Waals surface area (Å²) in [6, 6.07) is 12.8. The standard InChI is InChI=1S/C23H16F2N4O3/c24-23(25)32-18-3-1-2-13-20(18)17-9-15(28-22(13)31)21-27-14-6-4-11(8-16(14)29(17)21)12-5-7-19(30)26-10-12/h1-8,10,15,17,23H,9H2,(H,26,30)(H,28,31). The molecule has 0 aliphatic carbocycles. The fourth-order valence-electron chi connectivity index (χ4n) is 4.78. The molecule has 2 unspecified atom stereocenters. The lowest BCUT2D eigenvalue weighted by Gasteiger charge is -2.21. The maximum absolute atomic E-state index is 13.1. The Morgan fingerprint density at radius 2 is 1.94 bits per heavy atom. The number of rotatable bonds is 3. The number of aromatic amines is 1. The number of fused-ring (bicyclic) bond motifs is 9. The van der Waals surface area contributed by atoms with E-state index in [9.17, 15) is 18.4 Å². The average molecular weight is 434 g/mol. The van der Waals surface area contributed by atoms with E-state index in [1.165, 1.54) is 18.2 Å². The van der Waals surface area contributed by atoms with Crippen molar-refractivity contribution < 1.29 is 18.3 Å². The first-order valence-corrected chi connectivity index (χ1v) is 10.1. The van der Waals surface area contributed by atoms with Crippen molar-refractivity contribution in [3.05, 3.63) is 82.0 Å². The molecule has 2 N–H and O–H groups in total. The molecule has 4 aromatic rings. The van der Waals surface area contributed by atoms with E-state index in [-0.39, 0.29) is 23.3 Å². The van der Waals surface area contributed by atoms with Crippen molar-refractivity contribution in [1.29, 1.82) is 0 Å². The van der Waals surface area contributed by atoms with Crippen molar-refractivity contribution in [3.63, 3.8) is 0 Å². The van der Waals surface area contributed by atoms with Crippen LogP contribution < -0.4 is 15.6 Å². The highest BCUT2D eigenvalue weighted by Crippen LogP contribution is 2.47. The molecule has 2 aromatic carbocycles. The molecule has 0 fully saturated rings. The molecule has 0 radical (unpaired) electrons. The number of aromatic nitrogens is 3. The summed E-state index contributed by atoms with van der Waals surface area (Å²) >= 11 is 0. The normalized spacial score (nSPS) is 18.9. The van der Waals surface area contributed by atoms with Gasteiger partial charge in [-0.15, -0.1) is 0 Å². The van der Waals surface area contributed by atoms with Crippen molar-refractivity contribution in [1.82, 2.24) is 19.9 Å². The summed E-state index contributed by atoms with van der Waals surface area (Å²) in [5.41, 5.74) is 3.80. The number of nitrogens with zero attached hydrogens (tertiary/aromatic N) is 2. The number of pyridine rings is 1. The molecule has 2 atom stereocenters. The van der Waals surface area contributed by atoms with E-state index in [2.05, 4.69) is 10.3 Å². The van der Waals surface area contributed by atoms with Crippen LogP contribution in [0.1, 0.15) is 40.3 Å². The molecular weight excluding hydrogens is 418 g/mol. The summed E-state index contributed by atoms with van der Waals surface area (Å²) in [5, 5.41) is 2.97. The van der Waals surface area contributed by atoms with Gasteiger partial charge >= 0.3 is 6.61 Å². The number of alkyl halides is 2. The molecule has 6 rings (SSSR count). The fourth-order valence-corrected chi connectivity index (χ4v) is 4.78. The molecule has 9 heteroatoms. The first kappa shape index (κ1) is 18.7. The molecule has 4 heterocycles. The molecule has 160 valence electrons. The van der Waals surface area contributed by atoms with Crippen LogP contribution in [0.5, 0.6) is 5.75 Å². The molecular formula is C23H16F2N4O3. The zero-order valence-corrected chi connectivity index (χ0v) is 16.5. The minimum absolute atomic E-state index is 0.00945. The van der Waals surface area contributed by atoms with Gasteiger partial charge in [-0.1, -0.05) is 12.1 Å². The Morgan fingerprint density at radius 3 is 2.72 bits per heavy atom. The van der Waals surface area contributed by atoms with E-state index in [1.807, 2.05) is 22.8 Å². The number of benzene rings is 2. The van der Waals surface area contributed by atoms with E-state index in [0.717, 1.165) is 22.2 Å². The van der Waals surface area contributed by atoms with Gasteiger partial charge in [0.15, 0.2) is 0 Å². The van der Waals surface area contributed by atoms with Crippen LogP contribution >= 0.6 is 0 Å². The third-order valence-corrected chi connectivity index (χ3v) is 6.08. The number of nitrogens with one attached hydrogen (secondary N) is 2. The molecule has 7 nitrogen and oxygen atoms in total. The zero-order chi connectivity index (χ0) is 22.0. The minimum Gasteiger partial charge on any atom is -0.434 e. The maximum atomic E-state index is 13.1. The summed E-state index contributed by atoms with van der Waals surface area (Å²) in [6.45, 7) is -3.00. The second-order valence-corrected chi connectivity index (χ2v) is 7.86. The smallest absolute Gasteiger partial charge is 0.387 e. The Labute approximate surface area is 179 Å². The third-order valence-electron chi connectivity index (χ3n) is 6.08. The summed E-state index contributed by atoms with van der Waals surface area (Å²) in [7, 11) is 0. The number of H-pyrrole nitrogens is 1. The van der Waals surface area contributed by atoms with Gasteiger partial charge in [-0.3, -0.25) is 9.59 Å². The third kappa shape index (κ3) is 2.74. The van der Waals surface area contributed by atoms with E-state index in [4.69, 9.17) is 9.72 Å². The topological polar surface area (TPSA) is 89.0 Å². The van der Waals surface area contributed by atoms with Crippen molar-refractivity contribution >= 4 is 16.9 Å². The van der Waals surface area contributed by atoms with E-state index in [0.29, 0.717) is 23.4 Å². The quantitative estimate of drug-likeness (QED) is 0.514. The predicted molar refractivity (Wildman–Crippen MR) is 112 cm³/mol. The molecule has 0 saturated carbocycles. The summed E-state index contributed by atoms with van der Waals surface area (Å²) < 4.78 is 33.0. The number of halogens is 2. The van der Waals surface area contributed by atoms with Crippen molar-refractivity contribution in [3.8, 4) is 16.9 Å². The van der Waals surface area contributed by atoms with E-state index in [1.54, 1.807) is 18.3 Å². The molecule has 2 aromatic heterocycles. The minimum atomic E-state index is -3.00. The lowest BCUT2D eigenvalue weighted by atomic mass is 9.97. The number of amides is 1. The van der Waals surface area contributed by atoms with E-state index >= 15 is 0 Å². The highest BCUT2D eigenvalue weighted by Gasteiger charge is 2.42. The summed E-state index contributed by atoms with van der Waals surface area (Å²) in [5.74, 6) is 0.332. The Kier molecular flexibility index (Phi) is 3.95. The number of ether oxygens (including phenoxy) is 1. The van der Waals surface area contributed by atoms with Crippen LogP contribution in [0.25, 0.3) is 22.2 Å². The molecule has 0 saturated heterocycles. The summed E-state index contributed by atoms with van der Waals surface area (Å²) in [6.07, 6.45) is 2.13. The Balaban J connectivity index is 1.57. The molecule has 0 spiro atoms. The monoisotopic (exact) mass is 434 g/mol. The SMILES string of the molecule is O=C1NC2CC(c3c(OC(F)F)cccc31)n1c2nc2ccc(-c3ccc(=O)[nH]c3)cc21. The molecule has 2 aliphatic rings. The second-order valence-electron chi connectivity index (χ2n) is 7.86. The number of hydrogen-bond donors (Lipinski definition) is 2. The Bertz CT molecular complexity index is 1440. The first-order valence-electron chi connectivity index (χ1n) is 10.1. The van der Waals surface area contributed by atoms with Crippen LogP contribution in [0.15, 0.2) is 59.5 Å². The van der Waals surface area contributed by atoms with Gasteiger partial charge in [0.25, 0.3) is 5.91 Å². The van der Waals surface area contributed by atoms with E-state index < -0.39 is 12.7 Å². The molecule has 2 aliphatic heterocycles. The largest absolute Gasteiger partial charge is 0.434 e. The van der Waals surface area contributed by atoms with Crippen LogP contribution in [0, 0.1) is 0 Å². The predicted octanol–water partition coefficient (Wildman–Crippen LogP) is 3.77. The van der Waals surface area contributed by atoms with Gasteiger partial charge in [-0.25, -0.2) is 4.98 Å². The van der Waals surface area contributed by atoms with Gasteiger partial charge in [-0.2, -0.15) is 8.78 Å². The zero-order valence-electron chi connectivity index (χ0n) is 16.5. The van der Waals surface area contributed by atoms with Gasteiger partial charge in [0.2, 0.25) is 5.56 Å². The molecule has 2 bridgehead atoms. The van der Waals surface area contributed by atoms with Gasteiger partial charge < -0.3 is 19.6 Å². The van der Waals surface area contributed by atoms with Crippen molar-refractivity contribution in [2.75, 3.05) is 0 Å². The fraction of sp³-hybridized carbons (Fsp3) is 0.174. The Hall–Kier alpha value is -4.01. The summed E-state index contributed by atoms with van der Waals surface area (Å²) in [4.78, 5) is 31.6. The van der Waals surface area contributed by atoms with Crippen molar-refractivity contribution in [2.45, 2.75) is 25.1 Å². The molecule has 32 heavy (non-hydrogen) atoms. The second kappa shape index (κ2) is 6.74. The van der Waals surface area contributed by atoms with Crippen molar-refractivity contribution in [2.24, 2.45) is 0 Å². The van der Waals surface area contributed by atoms with Crippen LogP contribution in [0.3, 0.4) is 0 Å². The highest BCUT2D eigenvalue weighted by molar-refractivity contribution is 5.98. The number of imidazole rings is 1. The van der Waals surface area contributed by atoms with Crippen LogP contribution in [-0.2, 0) is 0 Å². The lowest BCUT2D eigenvalue weighted by Crippen LogP contribution is -2.28. The highest BCUT2D eigenvalue weighted by atomic mass is 19.3. The average Bonchev–Trinajstić information content (AvgIpc) is 3.26. The van der Waals surface area contributed by atoms with Crippen LogP contribution in [-0.4, -0.2) is 27.1 Å². The number of hydrogen-bond acceptors (Lipinski definition) is 4. The molecule has 1 amide bonds. The number of carbonyl (C=O) groups excluding carboxylic acids is 1. The Morgan fingerprint density at radius 1 is 1.09 bits per heavy atom. The van der Waals surface area contributed by atoms with Gasteiger partial charge in [-0.05, 0) is 47.9 Å². The van der Waals surface area contributed by atoms with Gasteiger partial charge in [0.05, 0.1) is 23.1 Å². The lowest BCUT2D eigenvalue weighted by molar-refractivity contribution is -0.0507.